The summed E-state index contributed by atoms with van der Waals surface area (Å²) in [5.74, 6) is 0.973. The molecule has 1 saturated heterocycles. The van der Waals surface area contributed by atoms with Crippen molar-refractivity contribution < 1.29 is 9.66 Å². The van der Waals surface area contributed by atoms with Gasteiger partial charge in [0.05, 0.1) is 23.8 Å². The maximum Gasteiger partial charge on any atom is 0.313 e. The number of hydrogen-bond donors (Lipinski definition) is 1. The van der Waals surface area contributed by atoms with Crippen LogP contribution < -0.4 is 10.6 Å². The normalized spacial score (nSPS) is 18.4. The van der Waals surface area contributed by atoms with E-state index >= 15 is 0 Å². The van der Waals surface area contributed by atoms with E-state index < -0.39 is 4.92 Å². The molecule has 22 heavy (non-hydrogen) atoms. The van der Waals surface area contributed by atoms with Crippen LogP contribution >= 0.6 is 0 Å². The van der Waals surface area contributed by atoms with Crippen molar-refractivity contribution in [1.82, 2.24) is 14.8 Å². The first-order chi connectivity index (χ1) is 10.6. The molecule has 0 radical (unpaired) electrons. The van der Waals surface area contributed by atoms with Crippen LogP contribution in [0.1, 0.15) is 6.92 Å². The zero-order valence-electron chi connectivity index (χ0n) is 12.0. The Morgan fingerprint density at radius 3 is 3.00 bits per heavy atom. The quantitative estimate of drug-likeness (QED) is 0.664. The maximum atomic E-state index is 11.2. The molecule has 3 heterocycles. The molecule has 3 rings (SSSR count). The van der Waals surface area contributed by atoms with Gasteiger partial charge in [-0.25, -0.2) is 9.67 Å². The molecule has 9 heteroatoms. The molecule has 9 nitrogen and oxygen atoms in total. The van der Waals surface area contributed by atoms with Gasteiger partial charge in [0.15, 0.2) is 0 Å². The number of nitro groups is 1. The lowest BCUT2D eigenvalue weighted by Gasteiger charge is -2.32. The van der Waals surface area contributed by atoms with Crippen LogP contribution in [0.3, 0.4) is 0 Å². The first kappa shape index (κ1) is 14.3. The van der Waals surface area contributed by atoms with E-state index in [2.05, 4.69) is 10.1 Å². The fourth-order valence-corrected chi connectivity index (χ4v) is 2.45. The van der Waals surface area contributed by atoms with E-state index in [0.29, 0.717) is 37.0 Å². The summed E-state index contributed by atoms with van der Waals surface area (Å²) in [7, 11) is 0. The number of nitrogens with zero attached hydrogens (tertiary/aromatic N) is 5. The van der Waals surface area contributed by atoms with E-state index in [1.165, 1.54) is 17.1 Å². The fraction of sp³-hybridized carbons (Fsp3) is 0.385. The first-order valence-electron chi connectivity index (χ1n) is 6.87. The summed E-state index contributed by atoms with van der Waals surface area (Å²) in [5, 5.41) is 15.3. The van der Waals surface area contributed by atoms with E-state index in [9.17, 15) is 10.1 Å². The van der Waals surface area contributed by atoms with Gasteiger partial charge in [-0.05, 0) is 6.92 Å². The van der Waals surface area contributed by atoms with Crippen LogP contribution in [-0.2, 0) is 4.74 Å². The van der Waals surface area contributed by atoms with E-state index in [-0.39, 0.29) is 11.8 Å². The Labute approximate surface area is 126 Å². The molecule has 0 aromatic carbocycles. The van der Waals surface area contributed by atoms with E-state index in [4.69, 9.17) is 10.5 Å². The molecule has 0 saturated carbocycles. The minimum atomic E-state index is -0.491. The highest BCUT2D eigenvalue weighted by Crippen LogP contribution is 2.28. The lowest BCUT2D eigenvalue weighted by Crippen LogP contribution is -2.41. The largest absolute Gasteiger partial charge is 0.384 e. The number of ether oxygens (including phenoxy) is 1. The predicted octanol–water partition coefficient (Wildman–Crippen LogP) is 0.983. The minimum absolute atomic E-state index is 0.0870. The van der Waals surface area contributed by atoms with E-state index in [1.807, 2.05) is 11.8 Å². The molecule has 2 N–H and O–H groups in total. The molecule has 1 fully saturated rings. The topological polar surface area (TPSA) is 112 Å². The Morgan fingerprint density at radius 2 is 2.36 bits per heavy atom. The molecule has 116 valence electrons. The average molecular weight is 304 g/mol. The highest BCUT2D eigenvalue weighted by atomic mass is 16.6. The van der Waals surface area contributed by atoms with Gasteiger partial charge in [0.1, 0.15) is 23.5 Å². The Kier molecular flexibility index (Phi) is 3.63. The van der Waals surface area contributed by atoms with Crippen LogP contribution in [-0.4, -0.2) is 45.5 Å². The SMILES string of the molecule is C[C@H]1CN(c2cc(-n3nccc3N)c([N+](=O)[O-])cn2)CCO1. The monoisotopic (exact) mass is 304 g/mol. The van der Waals surface area contributed by atoms with Crippen molar-refractivity contribution in [2.75, 3.05) is 30.3 Å². The Hall–Kier alpha value is -2.68. The third-order valence-electron chi connectivity index (χ3n) is 3.51. The smallest absolute Gasteiger partial charge is 0.313 e. The zero-order chi connectivity index (χ0) is 15.7. The summed E-state index contributed by atoms with van der Waals surface area (Å²) in [4.78, 5) is 17.0. The number of rotatable bonds is 3. The predicted molar refractivity (Wildman–Crippen MR) is 80.1 cm³/mol. The second-order valence-electron chi connectivity index (χ2n) is 5.08. The molecule has 0 aliphatic carbocycles. The van der Waals surface area contributed by atoms with Crippen LogP contribution in [0.5, 0.6) is 0 Å². The molecular weight excluding hydrogens is 288 g/mol. The van der Waals surface area contributed by atoms with Crippen molar-refractivity contribution in [2.24, 2.45) is 0 Å². The molecule has 1 aliphatic rings. The van der Waals surface area contributed by atoms with Gasteiger partial charge in [0.25, 0.3) is 0 Å². The summed E-state index contributed by atoms with van der Waals surface area (Å²) in [6.45, 7) is 3.94. The maximum absolute atomic E-state index is 11.2. The number of anilines is 2. The summed E-state index contributed by atoms with van der Waals surface area (Å²) in [6.07, 6.45) is 2.82. The second-order valence-corrected chi connectivity index (χ2v) is 5.08. The highest BCUT2D eigenvalue weighted by molar-refractivity contribution is 5.60. The van der Waals surface area contributed by atoms with Crippen molar-refractivity contribution >= 4 is 17.3 Å². The van der Waals surface area contributed by atoms with Crippen molar-refractivity contribution in [3.63, 3.8) is 0 Å². The molecule has 1 aliphatic heterocycles. The zero-order valence-corrected chi connectivity index (χ0v) is 12.0. The summed E-state index contributed by atoms with van der Waals surface area (Å²) in [5.41, 5.74) is 5.98. The Bertz CT molecular complexity index is 701. The highest BCUT2D eigenvalue weighted by Gasteiger charge is 2.23. The van der Waals surface area contributed by atoms with Gasteiger partial charge >= 0.3 is 5.69 Å². The van der Waals surface area contributed by atoms with Gasteiger partial charge < -0.3 is 15.4 Å². The van der Waals surface area contributed by atoms with Crippen molar-refractivity contribution in [2.45, 2.75) is 13.0 Å². The lowest BCUT2D eigenvalue weighted by molar-refractivity contribution is -0.384. The third kappa shape index (κ3) is 2.58. The number of aromatic nitrogens is 3. The Balaban J connectivity index is 2.04. The standard InChI is InChI=1S/C13H16N6O3/c1-9-8-17(4-5-22-9)13-6-10(11(7-15-13)19(20)21)18-12(14)2-3-16-18/h2-3,6-7,9H,4-5,8,14H2,1H3/t9-/m0/s1. The molecule has 1 atom stereocenters. The fourth-order valence-electron chi connectivity index (χ4n) is 2.45. The van der Waals surface area contributed by atoms with Gasteiger partial charge in [0.2, 0.25) is 0 Å². The van der Waals surface area contributed by atoms with Gasteiger partial charge in [-0.15, -0.1) is 0 Å². The number of hydrogen-bond acceptors (Lipinski definition) is 7. The molecule has 2 aromatic rings. The van der Waals surface area contributed by atoms with Gasteiger partial charge in [0, 0.05) is 25.2 Å². The van der Waals surface area contributed by atoms with Crippen molar-refractivity contribution in [3.8, 4) is 5.69 Å². The molecule has 2 aromatic heterocycles. The van der Waals surface area contributed by atoms with Crippen molar-refractivity contribution in [1.29, 1.82) is 0 Å². The second kappa shape index (κ2) is 5.60. The summed E-state index contributed by atoms with van der Waals surface area (Å²) in [6, 6.07) is 3.22. The van der Waals surface area contributed by atoms with Crippen LogP contribution in [0.15, 0.2) is 24.5 Å². The molecule has 0 unspecified atom stereocenters. The number of nitrogens with two attached hydrogens (primary N) is 1. The molecule has 0 bridgehead atoms. The molecular formula is C13H16N6O3. The Morgan fingerprint density at radius 1 is 1.55 bits per heavy atom. The lowest BCUT2D eigenvalue weighted by atomic mass is 10.2. The average Bonchev–Trinajstić information content (AvgIpc) is 2.92. The van der Waals surface area contributed by atoms with Crippen LogP contribution in [0.25, 0.3) is 5.69 Å². The molecule has 0 spiro atoms. The molecule has 0 amide bonds. The number of pyridine rings is 1. The van der Waals surface area contributed by atoms with Gasteiger partial charge in [-0.2, -0.15) is 5.10 Å². The van der Waals surface area contributed by atoms with E-state index in [0.717, 1.165) is 0 Å². The minimum Gasteiger partial charge on any atom is -0.384 e. The number of morpholine rings is 1. The van der Waals surface area contributed by atoms with E-state index in [1.54, 1.807) is 12.1 Å². The number of nitrogen functional groups attached to an aromatic ring is 1. The summed E-state index contributed by atoms with van der Waals surface area (Å²) >= 11 is 0. The van der Waals surface area contributed by atoms with Gasteiger partial charge in [-0.3, -0.25) is 10.1 Å². The van der Waals surface area contributed by atoms with Crippen LogP contribution in [0, 0.1) is 10.1 Å². The van der Waals surface area contributed by atoms with Crippen LogP contribution in [0.4, 0.5) is 17.3 Å². The third-order valence-corrected chi connectivity index (χ3v) is 3.51. The first-order valence-corrected chi connectivity index (χ1v) is 6.87. The van der Waals surface area contributed by atoms with Crippen LogP contribution in [0.2, 0.25) is 0 Å². The van der Waals surface area contributed by atoms with Gasteiger partial charge in [-0.1, -0.05) is 0 Å². The van der Waals surface area contributed by atoms with Crippen molar-refractivity contribution in [3.05, 3.63) is 34.6 Å². The summed E-state index contributed by atoms with van der Waals surface area (Å²) < 4.78 is 6.84.